The molecule has 0 amide bonds. The Morgan fingerprint density at radius 2 is 2.14 bits per heavy atom. The smallest absolute Gasteiger partial charge is 0.107 e. The Hall–Kier alpha value is -0.120. The zero-order valence-corrected chi connectivity index (χ0v) is 3.96. The van der Waals surface area contributed by atoms with Gasteiger partial charge >= 0.3 is 0 Å². The van der Waals surface area contributed by atoms with Gasteiger partial charge in [0.25, 0.3) is 0 Å². The lowest BCUT2D eigenvalue weighted by Crippen LogP contribution is -2.20. The second-order valence-electron chi connectivity index (χ2n) is 1.81. The molecule has 42 valence electrons. The van der Waals surface area contributed by atoms with E-state index >= 15 is 0 Å². The minimum Gasteiger partial charge on any atom is -0.392 e. The molecular formula is C4H9NO2. The molecule has 1 heterocycles. The second kappa shape index (κ2) is 1.78. The van der Waals surface area contributed by atoms with Crippen molar-refractivity contribution in [2.24, 2.45) is 0 Å². The first-order chi connectivity index (χ1) is 3.29. The van der Waals surface area contributed by atoms with Crippen molar-refractivity contribution in [3.63, 3.8) is 0 Å². The van der Waals surface area contributed by atoms with Gasteiger partial charge < -0.3 is 10.2 Å². The summed E-state index contributed by atoms with van der Waals surface area (Å²) >= 11 is 0. The number of hydrogen-bond donors (Lipinski definition) is 3. The lowest BCUT2D eigenvalue weighted by Gasteiger charge is -1.95. The summed E-state index contributed by atoms with van der Waals surface area (Å²) in [4.78, 5) is 0. The van der Waals surface area contributed by atoms with E-state index in [4.69, 9.17) is 10.2 Å². The SMILES string of the molecule is OC1C[C@@H](O)CN1. The molecular weight excluding hydrogens is 94.0 g/mol. The zero-order valence-electron chi connectivity index (χ0n) is 3.96. The average molecular weight is 103 g/mol. The quantitative estimate of drug-likeness (QED) is 0.355. The molecule has 3 N–H and O–H groups in total. The summed E-state index contributed by atoms with van der Waals surface area (Å²) in [5.41, 5.74) is 0. The zero-order chi connectivity index (χ0) is 5.28. The van der Waals surface area contributed by atoms with Crippen LogP contribution in [-0.2, 0) is 0 Å². The van der Waals surface area contributed by atoms with Crippen LogP contribution >= 0.6 is 0 Å². The van der Waals surface area contributed by atoms with Crippen LogP contribution in [0.3, 0.4) is 0 Å². The Balaban J connectivity index is 2.26. The molecule has 1 aliphatic rings. The van der Waals surface area contributed by atoms with Crippen LogP contribution in [0.4, 0.5) is 0 Å². The van der Waals surface area contributed by atoms with Crippen molar-refractivity contribution in [3.05, 3.63) is 0 Å². The third-order valence-electron chi connectivity index (χ3n) is 1.08. The molecule has 7 heavy (non-hydrogen) atoms. The molecule has 2 atom stereocenters. The van der Waals surface area contributed by atoms with Crippen molar-refractivity contribution in [1.82, 2.24) is 5.32 Å². The van der Waals surface area contributed by atoms with Crippen molar-refractivity contribution >= 4 is 0 Å². The van der Waals surface area contributed by atoms with E-state index in [9.17, 15) is 0 Å². The molecule has 0 bridgehead atoms. The minimum absolute atomic E-state index is 0.338. The van der Waals surface area contributed by atoms with Crippen molar-refractivity contribution in [3.8, 4) is 0 Å². The Morgan fingerprint density at radius 1 is 1.43 bits per heavy atom. The van der Waals surface area contributed by atoms with E-state index in [1.807, 2.05) is 0 Å². The summed E-state index contributed by atoms with van der Waals surface area (Å²) in [6.45, 7) is 0.529. The molecule has 3 heteroatoms. The van der Waals surface area contributed by atoms with Gasteiger partial charge in [0.05, 0.1) is 6.10 Å². The molecule has 0 aromatic heterocycles. The summed E-state index contributed by atoms with van der Waals surface area (Å²) in [5.74, 6) is 0. The highest BCUT2D eigenvalue weighted by Crippen LogP contribution is 2.01. The highest BCUT2D eigenvalue weighted by molar-refractivity contribution is 4.72. The van der Waals surface area contributed by atoms with Gasteiger partial charge in [-0.25, -0.2) is 0 Å². The molecule has 1 rings (SSSR count). The molecule has 1 aliphatic heterocycles. The predicted molar refractivity (Wildman–Crippen MR) is 24.6 cm³/mol. The van der Waals surface area contributed by atoms with Crippen LogP contribution < -0.4 is 5.32 Å². The van der Waals surface area contributed by atoms with Gasteiger partial charge in [-0.3, -0.25) is 5.32 Å². The van der Waals surface area contributed by atoms with Crippen LogP contribution in [0.2, 0.25) is 0 Å². The van der Waals surface area contributed by atoms with Crippen LogP contribution in [0.25, 0.3) is 0 Å². The van der Waals surface area contributed by atoms with Gasteiger partial charge in [0.1, 0.15) is 6.23 Å². The van der Waals surface area contributed by atoms with Crippen LogP contribution in [0.1, 0.15) is 6.42 Å². The van der Waals surface area contributed by atoms with Crippen LogP contribution in [0.5, 0.6) is 0 Å². The summed E-state index contributed by atoms with van der Waals surface area (Å²) in [7, 11) is 0. The van der Waals surface area contributed by atoms with Gasteiger partial charge in [0.2, 0.25) is 0 Å². The summed E-state index contributed by atoms with van der Waals surface area (Å²) in [6.07, 6.45) is -0.343. The molecule has 1 saturated heterocycles. The first-order valence-electron chi connectivity index (χ1n) is 2.38. The summed E-state index contributed by atoms with van der Waals surface area (Å²) < 4.78 is 0. The van der Waals surface area contributed by atoms with Gasteiger partial charge in [0.15, 0.2) is 0 Å². The fourth-order valence-electron chi connectivity index (χ4n) is 0.696. The maximum atomic E-state index is 8.68. The van der Waals surface area contributed by atoms with E-state index in [0.717, 1.165) is 0 Å². The van der Waals surface area contributed by atoms with E-state index in [1.54, 1.807) is 0 Å². The number of hydrogen-bond acceptors (Lipinski definition) is 3. The van der Waals surface area contributed by atoms with E-state index in [0.29, 0.717) is 13.0 Å². The van der Waals surface area contributed by atoms with E-state index in [2.05, 4.69) is 5.32 Å². The first-order valence-corrected chi connectivity index (χ1v) is 2.38. The number of aliphatic hydroxyl groups excluding tert-OH is 2. The molecule has 0 aromatic carbocycles. The molecule has 3 nitrogen and oxygen atoms in total. The van der Waals surface area contributed by atoms with E-state index < -0.39 is 6.23 Å². The van der Waals surface area contributed by atoms with Crippen LogP contribution in [0.15, 0.2) is 0 Å². The molecule has 0 saturated carbocycles. The Labute approximate surface area is 42.0 Å². The molecule has 1 unspecified atom stereocenters. The third-order valence-corrected chi connectivity index (χ3v) is 1.08. The average Bonchev–Trinajstić information content (AvgIpc) is 1.87. The van der Waals surface area contributed by atoms with Crippen molar-refractivity contribution < 1.29 is 10.2 Å². The highest BCUT2D eigenvalue weighted by atomic mass is 16.3. The molecule has 0 spiro atoms. The normalized spacial score (nSPS) is 42.0. The van der Waals surface area contributed by atoms with E-state index in [1.165, 1.54) is 0 Å². The third kappa shape index (κ3) is 1.12. The van der Waals surface area contributed by atoms with Gasteiger partial charge in [-0.15, -0.1) is 0 Å². The van der Waals surface area contributed by atoms with E-state index in [-0.39, 0.29) is 6.10 Å². The molecule has 1 fully saturated rings. The fourth-order valence-corrected chi connectivity index (χ4v) is 0.696. The standard InChI is InChI=1S/C4H9NO2/c6-3-1-4(7)5-2-3/h3-7H,1-2H2/t3-,4?/m1/s1. The fraction of sp³-hybridized carbons (Fsp3) is 1.00. The highest BCUT2D eigenvalue weighted by Gasteiger charge is 2.18. The first kappa shape index (κ1) is 5.03. The topological polar surface area (TPSA) is 52.5 Å². The lowest BCUT2D eigenvalue weighted by molar-refractivity contribution is 0.131. The Morgan fingerprint density at radius 3 is 2.29 bits per heavy atom. The van der Waals surface area contributed by atoms with Crippen molar-refractivity contribution in [2.75, 3.05) is 6.54 Å². The minimum atomic E-state index is -0.477. The number of aliphatic hydroxyl groups is 2. The van der Waals surface area contributed by atoms with Gasteiger partial charge in [-0.2, -0.15) is 0 Å². The molecule has 0 aliphatic carbocycles. The number of β-amino-alcohol motifs (C(OH)–C–C–N with tert-alkyl or cyclic N) is 1. The monoisotopic (exact) mass is 103 g/mol. The number of nitrogens with one attached hydrogen (secondary N) is 1. The maximum absolute atomic E-state index is 8.68. The van der Waals surface area contributed by atoms with Crippen molar-refractivity contribution in [2.45, 2.75) is 18.8 Å². The number of rotatable bonds is 0. The van der Waals surface area contributed by atoms with Gasteiger partial charge in [-0.05, 0) is 0 Å². The molecule has 0 aromatic rings. The second-order valence-corrected chi connectivity index (χ2v) is 1.81. The predicted octanol–water partition coefficient (Wildman–Crippen LogP) is -1.34. The maximum Gasteiger partial charge on any atom is 0.107 e. The molecule has 0 radical (unpaired) electrons. The van der Waals surface area contributed by atoms with Crippen molar-refractivity contribution in [1.29, 1.82) is 0 Å². The largest absolute Gasteiger partial charge is 0.392 e. The summed E-state index contributed by atoms with van der Waals surface area (Å²) in [5, 5.41) is 20.0. The Kier molecular flexibility index (Phi) is 1.27. The summed E-state index contributed by atoms with van der Waals surface area (Å²) in [6, 6.07) is 0. The van der Waals surface area contributed by atoms with Crippen LogP contribution in [0, 0.1) is 0 Å². The Bertz CT molecular complexity index is 58.7. The van der Waals surface area contributed by atoms with Crippen LogP contribution in [-0.4, -0.2) is 29.1 Å². The van der Waals surface area contributed by atoms with Gasteiger partial charge in [0, 0.05) is 13.0 Å². The van der Waals surface area contributed by atoms with Gasteiger partial charge in [-0.1, -0.05) is 0 Å². The lowest BCUT2D eigenvalue weighted by atomic mass is 10.3.